The highest BCUT2D eigenvalue weighted by Crippen LogP contribution is 2.34. The van der Waals surface area contributed by atoms with Crippen molar-refractivity contribution in [2.75, 3.05) is 18.0 Å². The van der Waals surface area contributed by atoms with Crippen molar-refractivity contribution < 1.29 is 0 Å². The van der Waals surface area contributed by atoms with E-state index in [1.807, 2.05) is 11.3 Å². The number of aryl methyl sites for hydroxylation is 2. The third kappa shape index (κ3) is 2.45. The summed E-state index contributed by atoms with van der Waals surface area (Å²) in [4.78, 5) is 8.48. The van der Waals surface area contributed by atoms with Crippen molar-refractivity contribution in [1.82, 2.24) is 10.3 Å². The zero-order valence-corrected chi connectivity index (χ0v) is 13.1. The molecule has 2 heterocycles. The number of anilines is 1. The van der Waals surface area contributed by atoms with E-state index >= 15 is 0 Å². The number of hydrogen-bond acceptors (Lipinski definition) is 4. The van der Waals surface area contributed by atoms with E-state index < -0.39 is 0 Å². The predicted octanol–water partition coefficient (Wildman–Crippen LogP) is 3.43. The molecule has 0 saturated carbocycles. The van der Waals surface area contributed by atoms with Crippen molar-refractivity contribution in [3.05, 3.63) is 45.4 Å². The minimum absolute atomic E-state index is 0.377. The Kier molecular flexibility index (Phi) is 3.76. The molecule has 106 valence electrons. The molecule has 0 saturated heterocycles. The summed E-state index contributed by atoms with van der Waals surface area (Å²) in [6, 6.07) is 9.09. The van der Waals surface area contributed by atoms with Crippen LogP contribution in [0.2, 0.25) is 0 Å². The summed E-state index contributed by atoms with van der Waals surface area (Å²) in [6.07, 6.45) is 0. The van der Waals surface area contributed by atoms with E-state index in [1.165, 1.54) is 21.8 Å². The van der Waals surface area contributed by atoms with Gasteiger partial charge in [0, 0.05) is 30.2 Å². The van der Waals surface area contributed by atoms with Crippen LogP contribution < -0.4 is 10.2 Å². The van der Waals surface area contributed by atoms with E-state index in [-0.39, 0.29) is 0 Å². The van der Waals surface area contributed by atoms with Crippen molar-refractivity contribution >= 4 is 17.0 Å². The molecule has 0 bridgehead atoms. The third-order valence-corrected chi connectivity index (χ3v) is 5.18. The predicted molar refractivity (Wildman–Crippen MR) is 85.5 cm³/mol. The molecule has 20 heavy (non-hydrogen) atoms. The molecule has 3 rings (SSSR count). The van der Waals surface area contributed by atoms with Crippen LogP contribution in [-0.4, -0.2) is 18.1 Å². The number of nitrogens with zero attached hydrogens (tertiary/aromatic N) is 2. The molecular formula is C16H21N3S. The Morgan fingerprint density at radius 2 is 2.10 bits per heavy atom. The van der Waals surface area contributed by atoms with Crippen LogP contribution in [0.15, 0.2) is 24.3 Å². The average molecular weight is 287 g/mol. The molecule has 1 aliphatic rings. The lowest BCUT2D eigenvalue weighted by atomic mass is 10.1. The minimum Gasteiger partial charge on any atom is -0.362 e. The monoisotopic (exact) mass is 287 g/mol. The third-order valence-electron chi connectivity index (χ3n) is 3.93. The molecule has 4 heteroatoms. The van der Waals surface area contributed by atoms with Crippen molar-refractivity contribution in [3.63, 3.8) is 0 Å². The molecule has 0 amide bonds. The molecule has 1 unspecified atom stereocenters. The molecular weight excluding hydrogens is 266 g/mol. The van der Waals surface area contributed by atoms with Gasteiger partial charge in [-0.05, 0) is 32.4 Å². The topological polar surface area (TPSA) is 28.2 Å². The summed E-state index contributed by atoms with van der Waals surface area (Å²) in [6.45, 7) is 9.52. The smallest absolute Gasteiger partial charge is 0.0900 e. The first-order valence-electron chi connectivity index (χ1n) is 7.16. The maximum atomic E-state index is 4.58. The number of fused-ring (bicyclic) bond motifs is 1. The summed E-state index contributed by atoms with van der Waals surface area (Å²) in [5.41, 5.74) is 3.92. The van der Waals surface area contributed by atoms with E-state index in [2.05, 4.69) is 60.2 Å². The minimum atomic E-state index is 0.377. The first-order valence-corrected chi connectivity index (χ1v) is 7.97. The van der Waals surface area contributed by atoms with Gasteiger partial charge in [-0.25, -0.2) is 4.98 Å². The summed E-state index contributed by atoms with van der Waals surface area (Å²) in [7, 11) is 0. The number of para-hydroxylation sites is 1. The zero-order chi connectivity index (χ0) is 14.1. The largest absolute Gasteiger partial charge is 0.362 e. The molecule has 0 aliphatic carbocycles. The number of nitrogens with one attached hydrogen (secondary N) is 1. The zero-order valence-electron chi connectivity index (χ0n) is 12.3. The number of aromatic nitrogens is 1. The van der Waals surface area contributed by atoms with Crippen LogP contribution in [0.3, 0.4) is 0 Å². The summed E-state index contributed by atoms with van der Waals surface area (Å²) < 4.78 is 0. The summed E-state index contributed by atoms with van der Waals surface area (Å²) >= 11 is 1.82. The number of rotatable bonds is 2. The van der Waals surface area contributed by atoms with Gasteiger partial charge in [0.25, 0.3) is 0 Å². The normalized spacial score (nSPS) is 16.6. The second-order valence-electron chi connectivity index (χ2n) is 5.36. The van der Waals surface area contributed by atoms with E-state index in [1.54, 1.807) is 0 Å². The molecule has 1 N–H and O–H groups in total. The van der Waals surface area contributed by atoms with Gasteiger partial charge in [0.2, 0.25) is 0 Å². The molecule has 1 aromatic carbocycles. The lowest BCUT2D eigenvalue weighted by Crippen LogP contribution is -2.31. The average Bonchev–Trinajstić information content (AvgIpc) is 2.66. The van der Waals surface area contributed by atoms with Crippen molar-refractivity contribution in [3.8, 4) is 0 Å². The van der Waals surface area contributed by atoms with E-state index in [4.69, 9.17) is 0 Å². The van der Waals surface area contributed by atoms with E-state index in [9.17, 15) is 0 Å². The quantitative estimate of drug-likeness (QED) is 0.917. The van der Waals surface area contributed by atoms with Crippen LogP contribution in [-0.2, 0) is 6.54 Å². The fourth-order valence-electron chi connectivity index (χ4n) is 2.96. The Bertz CT molecular complexity index is 606. The van der Waals surface area contributed by atoms with Crippen LogP contribution in [0.5, 0.6) is 0 Å². The number of thiazole rings is 1. The Balaban J connectivity index is 1.99. The van der Waals surface area contributed by atoms with Crippen LogP contribution in [0.1, 0.15) is 34.1 Å². The first kappa shape index (κ1) is 13.6. The second kappa shape index (κ2) is 5.54. The van der Waals surface area contributed by atoms with Crippen LogP contribution in [0.25, 0.3) is 0 Å². The Morgan fingerprint density at radius 3 is 2.85 bits per heavy atom. The van der Waals surface area contributed by atoms with Gasteiger partial charge in [-0.2, -0.15) is 0 Å². The number of hydrogen-bond donors (Lipinski definition) is 1. The Morgan fingerprint density at radius 1 is 1.30 bits per heavy atom. The molecule has 2 aromatic rings. The lowest BCUT2D eigenvalue weighted by molar-refractivity contribution is 0.642. The van der Waals surface area contributed by atoms with Gasteiger partial charge >= 0.3 is 0 Å². The molecule has 0 spiro atoms. The second-order valence-corrected chi connectivity index (χ2v) is 6.59. The van der Waals surface area contributed by atoms with Gasteiger partial charge in [-0.1, -0.05) is 18.2 Å². The van der Waals surface area contributed by atoms with E-state index in [0.29, 0.717) is 6.04 Å². The summed E-state index contributed by atoms with van der Waals surface area (Å²) in [5.74, 6) is 0. The van der Waals surface area contributed by atoms with Gasteiger partial charge in [-0.3, -0.25) is 0 Å². The molecule has 3 nitrogen and oxygen atoms in total. The maximum Gasteiger partial charge on any atom is 0.0900 e. The fraction of sp³-hybridized carbons (Fsp3) is 0.438. The Hall–Kier alpha value is -1.39. The van der Waals surface area contributed by atoms with Crippen LogP contribution in [0.4, 0.5) is 5.69 Å². The SMILES string of the molecule is Cc1nc(C)c(C(C)N2CCNCc3ccccc32)s1. The van der Waals surface area contributed by atoms with Crippen LogP contribution in [0, 0.1) is 13.8 Å². The highest BCUT2D eigenvalue weighted by Gasteiger charge is 2.23. The van der Waals surface area contributed by atoms with Crippen molar-refractivity contribution in [1.29, 1.82) is 0 Å². The molecule has 1 aliphatic heterocycles. The number of benzene rings is 1. The highest BCUT2D eigenvalue weighted by molar-refractivity contribution is 7.11. The summed E-state index contributed by atoms with van der Waals surface area (Å²) in [5, 5.41) is 4.66. The van der Waals surface area contributed by atoms with E-state index in [0.717, 1.165) is 24.6 Å². The lowest BCUT2D eigenvalue weighted by Gasteiger charge is -2.31. The maximum absolute atomic E-state index is 4.58. The van der Waals surface area contributed by atoms with Crippen molar-refractivity contribution in [2.45, 2.75) is 33.4 Å². The molecule has 0 fully saturated rings. The van der Waals surface area contributed by atoms with Gasteiger partial charge in [-0.15, -0.1) is 11.3 Å². The molecule has 1 atom stereocenters. The van der Waals surface area contributed by atoms with Gasteiger partial charge < -0.3 is 10.2 Å². The van der Waals surface area contributed by atoms with Crippen LogP contribution >= 0.6 is 11.3 Å². The molecule has 0 radical (unpaired) electrons. The van der Waals surface area contributed by atoms with Crippen molar-refractivity contribution in [2.24, 2.45) is 0 Å². The molecule has 1 aromatic heterocycles. The van der Waals surface area contributed by atoms with Gasteiger partial charge in [0.05, 0.1) is 16.7 Å². The Labute approximate surface area is 124 Å². The fourth-order valence-corrected chi connectivity index (χ4v) is 3.95. The first-order chi connectivity index (χ1) is 9.66. The standard InChI is InChI=1S/C16H21N3S/c1-11-16(20-13(3)18-11)12(2)19-9-8-17-10-14-6-4-5-7-15(14)19/h4-7,12,17H,8-10H2,1-3H3. The van der Waals surface area contributed by atoms with Gasteiger partial charge in [0.1, 0.15) is 0 Å². The van der Waals surface area contributed by atoms with Gasteiger partial charge in [0.15, 0.2) is 0 Å². The highest BCUT2D eigenvalue weighted by atomic mass is 32.1.